The van der Waals surface area contributed by atoms with Crippen LogP contribution in [0.3, 0.4) is 0 Å². The third-order valence-electron chi connectivity index (χ3n) is 3.14. The zero-order valence-electron chi connectivity index (χ0n) is 10.5. The van der Waals surface area contributed by atoms with Crippen LogP contribution >= 0.6 is 0 Å². The van der Waals surface area contributed by atoms with Crippen molar-refractivity contribution < 1.29 is 4.79 Å². The van der Waals surface area contributed by atoms with Crippen LogP contribution in [-0.4, -0.2) is 15.9 Å². The number of H-pyrrole nitrogens is 2. The molecule has 0 saturated carbocycles. The first-order chi connectivity index (χ1) is 8.63. The number of nitrogens with one attached hydrogen (secondary N) is 3. The van der Waals surface area contributed by atoms with E-state index >= 15 is 0 Å². The van der Waals surface area contributed by atoms with E-state index in [4.69, 9.17) is 0 Å². The van der Waals surface area contributed by atoms with Gasteiger partial charge in [0.2, 0.25) is 5.91 Å². The number of benzene rings is 1. The summed E-state index contributed by atoms with van der Waals surface area (Å²) in [4.78, 5) is 28.4. The van der Waals surface area contributed by atoms with Crippen molar-refractivity contribution in [3.8, 4) is 0 Å². The van der Waals surface area contributed by atoms with Gasteiger partial charge in [0.05, 0.1) is 11.0 Å². The molecule has 3 N–H and O–H groups in total. The monoisotopic (exact) mass is 247 g/mol. The van der Waals surface area contributed by atoms with Crippen molar-refractivity contribution in [1.82, 2.24) is 9.97 Å². The van der Waals surface area contributed by atoms with Crippen LogP contribution in [-0.2, 0) is 4.79 Å². The van der Waals surface area contributed by atoms with E-state index in [1.165, 1.54) is 0 Å². The highest BCUT2D eigenvalue weighted by Gasteiger charge is 2.14. The minimum Gasteiger partial charge on any atom is -0.326 e. The van der Waals surface area contributed by atoms with Crippen LogP contribution in [0, 0.1) is 5.92 Å². The van der Waals surface area contributed by atoms with Crippen molar-refractivity contribution in [3.05, 3.63) is 28.7 Å². The predicted molar refractivity (Wildman–Crippen MR) is 71.6 cm³/mol. The van der Waals surface area contributed by atoms with E-state index in [0.29, 0.717) is 11.2 Å². The van der Waals surface area contributed by atoms with Gasteiger partial charge in [0.1, 0.15) is 0 Å². The Morgan fingerprint density at radius 2 is 1.89 bits per heavy atom. The smallest absolute Gasteiger partial charge is 0.323 e. The van der Waals surface area contributed by atoms with Gasteiger partial charge < -0.3 is 15.3 Å². The van der Waals surface area contributed by atoms with Crippen LogP contribution in [0.25, 0.3) is 11.0 Å². The Hall–Kier alpha value is -2.04. The molecule has 0 atom stereocenters. The normalized spacial score (nSPS) is 11.1. The molecule has 1 heterocycles. The quantitative estimate of drug-likeness (QED) is 0.774. The minimum atomic E-state index is -0.242. The molecule has 0 aliphatic carbocycles. The Kier molecular flexibility index (Phi) is 3.50. The first-order valence-electron chi connectivity index (χ1n) is 6.17. The zero-order valence-corrected chi connectivity index (χ0v) is 10.5. The molecule has 0 unspecified atom stereocenters. The second-order valence-electron chi connectivity index (χ2n) is 4.34. The summed E-state index contributed by atoms with van der Waals surface area (Å²) in [7, 11) is 0. The van der Waals surface area contributed by atoms with Crippen molar-refractivity contribution in [2.75, 3.05) is 5.32 Å². The van der Waals surface area contributed by atoms with Gasteiger partial charge in [-0.3, -0.25) is 4.79 Å². The molecule has 0 aliphatic rings. The topological polar surface area (TPSA) is 77.8 Å². The molecule has 1 aromatic carbocycles. The minimum absolute atomic E-state index is 0.0252. The van der Waals surface area contributed by atoms with Gasteiger partial charge in [0.25, 0.3) is 0 Å². The zero-order chi connectivity index (χ0) is 13.1. The van der Waals surface area contributed by atoms with Crippen LogP contribution in [0.2, 0.25) is 0 Å². The van der Waals surface area contributed by atoms with Crippen LogP contribution < -0.4 is 11.0 Å². The molecule has 96 valence electrons. The Morgan fingerprint density at radius 1 is 1.22 bits per heavy atom. The van der Waals surface area contributed by atoms with E-state index in [1.54, 1.807) is 18.2 Å². The number of fused-ring (bicyclic) bond motifs is 1. The van der Waals surface area contributed by atoms with Crippen molar-refractivity contribution >= 4 is 22.6 Å². The molecule has 18 heavy (non-hydrogen) atoms. The fraction of sp³-hybridized carbons (Fsp3) is 0.385. The summed E-state index contributed by atoms with van der Waals surface area (Å²) in [5.74, 6) is 0.0585. The number of amides is 1. The van der Waals surface area contributed by atoms with Gasteiger partial charge in [0, 0.05) is 11.6 Å². The maximum absolute atomic E-state index is 11.9. The third kappa shape index (κ3) is 2.45. The number of carbonyl (C=O) groups is 1. The predicted octanol–water partition coefficient (Wildman–Crippen LogP) is 2.23. The average molecular weight is 247 g/mol. The standard InChI is InChI=1S/C13H17N3O2/c1-3-8(4-2)12(17)14-9-5-6-10-11(7-9)16-13(18)15-10/h5-8H,3-4H2,1-2H3,(H,14,17)(H2,15,16,18). The molecular formula is C13H17N3O2. The maximum Gasteiger partial charge on any atom is 0.323 e. The number of anilines is 1. The lowest BCUT2D eigenvalue weighted by Crippen LogP contribution is -2.21. The number of aromatic amines is 2. The number of hydrogen-bond acceptors (Lipinski definition) is 2. The summed E-state index contributed by atoms with van der Waals surface area (Å²) in [5.41, 5.74) is 1.89. The van der Waals surface area contributed by atoms with Gasteiger partial charge >= 0.3 is 5.69 Å². The van der Waals surface area contributed by atoms with Crippen molar-refractivity contribution in [1.29, 1.82) is 0 Å². The van der Waals surface area contributed by atoms with Gasteiger partial charge in [0.15, 0.2) is 0 Å². The Morgan fingerprint density at radius 3 is 2.56 bits per heavy atom. The second kappa shape index (κ2) is 5.08. The van der Waals surface area contributed by atoms with Gasteiger partial charge in [-0.1, -0.05) is 13.8 Å². The Bertz CT molecular complexity index is 608. The van der Waals surface area contributed by atoms with Crippen molar-refractivity contribution in [2.45, 2.75) is 26.7 Å². The second-order valence-corrected chi connectivity index (χ2v) is 4.34. The summed E-state index contributed by atoms with van der Waals surface area (Å²) in [6.45, 7) is 4.00. The van der Waals surface area contributed by atoms with E-state index in [2.05, 4.69) is 15.3 Å². The van der Waals surface area contributed by atoms with Crippen LogP contribution in [0.15, 0.2) is 23.0 Å². The van der Waals surface area contributed by atoms with Crippen molar-refractivity contribution in [2.24, 2.45) is 5.92 Å². The fourth-order valence-corrected chi connectivity index (χ4v) is 2.01. The van der Waals surface area contributed by atoms with Crippen molar-refractivity contribution in [3.63, 3.8) is 0 Å². The van der Waals surface area contributed by atoms with Gasteiger partial charge in [-0.15, -0.1) is 0 Å². The molecule has 5 heteroatoms. The van der Waals surface area contributed by atoms with Crippen LogP contribution in [0.1, 0.15) is 26.7 Å². The molecule has 0 saturated heterocycles. The van der Waals surface area contributed by atoms with Gasteiger partial charge in [-0.05, 0) is 31.0 Å². The molecule has 5 nitrogen and oxygen atoms in total. The van der Waals surface area contributed by atoms with Gasteiger partial charge in [-0.2, -0.15) is 0 Å². The number of imidazole rings is 1. The fourth-order valence-electron chi connectivity index (χ4n) is 2.01. The Balaban J connectivity index is 2.21. The van der Waals surface area contributed by atoms with E-state index in [0.717, 1.165) is 18.4 Å². The largest absolute Gasteiger partial charge is 0.326 e. The molecule has 1 amide bonds. The van der Waals surface area contributed by atoms with E-state index < -0.39 is 0 Å². The summed E-state index contributed by atoms with van der Waals surface area (Å²) in [6.07, 6.45) is 1.65. The summed E-state index contributed by atoms with van der Waals surface area (Å²) >= 11 is 0. The molecule has 2 rings (SSSR count). The first-order valence-corrected chi connectivity index (χ1v) is 6.17. The molecule has 0 fully saturated rings. The molecular weight excluding hydrogens is 230 g/mol. The maximum atomic E-state index is 11.9. The lowest BCUT2D eigenvalue weighted by atomic mass is 10.0. The molecule has 2 aromatic rings. The molecule has 0 bridgehead atoms. The summed E-state index contributed by atoms with van der Waals surface area (Å²) in [5, 5.41) is 2.87. The number of carbonyl (C=O) groups excluding carboxylic acids is 1. The average Bonchev–Trinajstić information content (AvgIpc) is 2.70. The van der Waals surface area contributed by atoms with Crippen LogP contribution in [0.5, 0.6) is 0 Å². The highest BCUT2D eigenvalue weighted by atomic mass is 16.2. The van der Waals surface area contributed by atoms with E-state index in [9.17, 15) is 9.59 Å². The van der Waals surface area contributed by atoms with Crippen LogP contribution in [0.4, 0.5) is 5.69 Å². The molecule has 0 spiro atoms. The highest BCUT2D eigenvalue weighted by Crippen LogP contribution is 2.17. The number of rotatable bonds is 4. The summed E-state index contributed by atoms with van der Waals surface area (Å²) in [6, 6.07) is 5.32. The number of hydrogen-bond donors (Lipinski definition) is 3. The first kappa shape index (κ1) is 12.4. The lowest BCUT2D eigenvalue weighted by molar-refractivity contribution is -0.120. The number of aromatic nitrogens is 2. The molecule has 1 aromatic heterocycles. The van der Waals surface area contributed by atoms with Gasteiger partial charge in [-0.25, -0.2) is 4.79 Å². The Labute approximate surface area is 105 Å². The van der Waals surface area contributed by atoms with E-state index in [-0.39, 0.29) is 17.5 Å². The summed E-state index contributed by atoms with van der Waals surface area (Å²) < 4.78 is 0. The SMILES string of the molecule is CCC(CC)C(=O)Nc1ccc2[nH]c(=O)[nH]c2c1. The van der Waals surface area contributed by atoms with E-state index in [1.807, 2.05) is 13.8 Å². The third-order valence-corrected chi connectivity index (χ3v) is 3.14. The molecule has 0 aliphatic heterocycles. The highest BCUT2D eigenvalue weighted by molar-refractivity contribution is 5.94. The molecule has 0 radical (unpaired) electrons. The lowest BCUT2D eigenvalue weighted by Gasteiger charge is -2.12.